The van der Waals surface area contributed by atoms with E-state index in [4.69, 9.17) is 0 Å². The second kappa shape index (κ2) is 6.89. The van der Waals surface area contributed by atoms with Crippen molar-refractivity contribution in [1.29, 1.82) is 0 Å². The fourth-order valence-corrected chi connectivity index (χ4v) is 2.85. The summed E-state index contributed by atoms with van der Waals surface area (Å²) in [7, 11) is 0. The molecule has 0 aliphatic rings. The number of aromatic nitrogens is 2. The number of amides is 1. The number of halogens is 3. The van der Waals surface area contributed by atoms with Gasteiger partial charge in [-0.2, -0.15) is 0 Å². The highest BCUT2D eigenvalue weighted by atomic mass is 32.1. The first kappa shape index (κ1) is 16.9. The number of hydrogen-bond donors (Lipinski definition) is 1. The number of nitrogens with zero attached hydrogens (tertiary/aromatic N) is 2. The molecule has 3 aromatic rings. The lowest BCUT2D eigenvalue weighted by Gasteiger charge is -2.07. The number of thiazole rings is 1. The predicted molar refractivity (Wildman–Crippen MR) is 88.2 cm³/mol. The molecule has 0 aliphatic carbocycles. The summed E-state index contributed by atoms with van der Waals surface area (Å²) in [6.07, 6.45) is 1.39. The van der Waals surface area contributed by atoms with Crippen LogP contribution in [0.15, 0.2) is 48.8 Å². The first-order valence-electron chi connectivity index (χ1n) is 6.94. The van der Waals surface area contributed by atoms with E-state index in [0.29, 0.717) is 10.2 Å². The average Bonchev–Trinajstić information content (AvgIpc) is 2.94. The lowest BCUT2D eigenvalue weighted by molar-refractivity contribution is -0.274. The molecule has 0 aliphatic heterocycles. The number of pyridine rings is 1. The zero-order valence-corrected chi connectivity index (χ0v) is 13.3. The van der Waals surface area contributed by atoms with E-state index in [9.17, 15) is 18.0 Å². The second-order valence-electron chi connectivity index (χ2n) is 4.80. The third-order valence-electron chi connectivity index (χ3n) is 2.96. The monoisotopic (exact) mass is 365 g/mol. The van der Waals surface area contributed by atoms with Gasteiger partial charge in [0, 0.05) is 24.5 Å². The molecule has 0 unspecified atom stereocenters. The van der Waals surface area contributed by atoms with Gasteiger partial charge in [0.15, 0.2) is 5.13 Å². The van der Waals surface area contributed by atoms with Crippen LogP contribution in [-0.4, -0.2) is 22.2 Å². The van der Waals surface area contributed by atoms with Crippen molar-refractivity contribution in [1.82, 2.24) is 9.97 Å². The van der Waals surface area contributed by atoms with Crippen LogP contribution in [0.3, 0.4) is 0 Å². The molecule has 2 aromatic heterocycles. The van der Waals surface area contributed by atoms with Crippen LogP contribution in [0.2, 0.25) is 0 Å². The van der Waals surface area contributed by atoms with Gasteiger partial charge in [-0.05, 0) is 35.9 Å². The zero-order chi connectivity index (χ0) is 17.9. The topological polar surface area (TPSA) is 64.1 Å². The van der Waals surface area contributed by atoms with E-state index in [2.05, 4.69) is 20.0 Å². The molecule has 9 heteroatoms. The van der Waals surface area contributed by atoms with Gasteiger partial charge in [-0.1, -0.05) is 11.3 Å². The Labute approximate surface area is 143 Å². The maximum atomic E-state index is 12.2. The predicted octanol–water partition coefficient (Wildman–Crippen LogP) is 4.24. The normalized spacial score (nSPS) is 11.8. The van der Waals surface area contributed by atoms with Crippen LogP contribution in [0.25, 0.3) is 16.3 Å². The molecule has 3 rings (SSSR count). The minimum absolute atomic E-state index is 0.281. The molecule has 128 valence electrons. The highest BCUT2D eigenvalue weighted by Crippen LogP contribution is 2.31. The van der Waals surface area contributed by atoms with E-state index < -0.39 is 12.3 Å². The molecule has 0 radical (unpaired) electrons. The fraction of sp³-hybridized carbons (Fsp3) is 0.0625. The quantitative estimate of drug-likeness (QED) is 0.703. The molecular formula is C16H10F3N3O2S. The van der Waals surface area contributed by atoms with Crippen molar-refractivity contribution >= 4 is 38.7 Å². The number of rotatable bonds is 4. The second-order valence-corrected chi connectivity index (χ2v) is 5.83. The van der Waals surface area contributed by atoms with Crippen LogP contribution in [0.1, 0.15) is 5.56 Å². The maximum absolute atomic E-state index is 12.2. The Morgan fingerprint density at radius 1 is 1.20 bits per heavy atom. The SMILES string of the molecule is O=C(/C=C/c1ccncc1)Nc1nc2ccc(OC(F)(F)F)cc2s1. The Bertz CT molecular complexity index is 923. The highest BCUT2D eigenvalue weighted by Gasteiger charge is 2.31. The summed E-state index contributed by atoms with van der Waals surface area (Å²) in [5.74, 6) is -0.734. The molecule has 0 bridgehead atoms. The van der Waals surface area contributed by atoms with Gasteiger partial charge < -0.3 is 4.74 Å². The molecule has 2 heterocycles. The molecule has 0 spiro atoms. The van der Waals surface area contributed by atoms with Gasteiger partial charge in [0.25, 0.3) is 0 Å². The lowest BCUT2D eigenvalue weighted by atomic mass is 10.2. The average molecular weight is 365 g/mol. The summed E-state index contributed by atoms with van der Waals surface area (Å²) >= 11 is 1.05. The van der Waals surface area contributed by atoms with Crippen LogP contribution in [0.4, 0.5) is 18.3 Å². The summed E-state index contributed by atoms with van der Waals surface area (Å²) in [4.78, 5) is 19.9. The number of benzene rings is 1. The van der Waals surface area contributed by atoms with Crippen molar-refractivity contribution in [3.05, 3.63) is 54.4 Å². The number of ether oxygens (including phenoxy) is 1. The van der Waals surface area contributed by atoms with E-state index in [1.165, 1.54) is 24.3 Å². The molecule has 5 nitrogen and oxygen atoms in total. The molecular weight excluding hydrogens is 355 g/mol. The summed E-state index contributed by atoms with van der Waals surface area (Å²) < 4.78 is 41.1. The van der Waals surface area contributed by atoms with Crippen LogP contribution in [0, 0.1) is 0 Å². The van der Waals surface area contributed by atoms with Crippen LogP contribution >= 0.6 is 11.3 Å². The molecule has 0 atom stereocenters. The largest absolute Gasteiger partial charge is 0.573 e. The Balaban J connectivity index is 1.71. The Kier molecular flexibility index (Phi) is 4.66. The van der Waals surface area contributed by atoms with Crippen LogP contribution in [0.5, 0.6) is 5.75 Å². The van der Waals surface area contributed by atoms with Crippen molar-refractivity contribution in [3.63, 3.8) is 0 Å². The van der Waals surface area contributed by atoms with Gasteiger partial charge in [0.1, 0.15) is 5.75 Å². The number of carbonyl (C=O) groups excluding carboxylic acids is 1. The minimum Gasteiger partial charge on any atom is -0.406 e. The van der Waals surface area contributed by atoms with Crippen LogP contribution in [-0.2, 0) is 4.79 Å². The fourth-order valence-electron chi connectivity index (χ4n) is 1.95. The first-order valence-corrected chi connectivity index (χ1v) is 7.76. The first-order chi connectivity index (χ1) is 11.9. The molecule has 0 saturated carbocycles. The van der Waals surface area contributed by atoms with Crippen molar-refractivity contribution in [2.45, 2.75) is 6.36 Å². The molecule has 25 heavy (non-hydrogen) atoms. The van der Waals surface area contributed by atoms with E-state index in [-0.39, 0.29) is 10.9 Å². The standard InChI is InChI=1S/C16H10F3N3O2S/c17-16(18,19)24-11-2-3-12-13(9-11)25-15(21-12)22-14(23)4-1-10-5-7-20-8-6-10/h1-9H,(H,21,22,23)/b4-1+. The minimum atomic E-state index is -4.76. The molecule has 1 aromatic carbocycles. The number of fused-ring (bicyclic) bond motifs is 1. The van der Waals surface area contributed by atoms with Gasteiger partial charge in [-0.25, -0.2) is 4.98 Å². The van der Waals surface area contributed by atoms with Crippen molar-refractivity contribution in [3.8, 4) is 5.75 Å². The lowest BCUT2D eigenvalue weighted by Crippen LogP contribution is -2.16. The number of carbonyl (C=O) groups is 1. The van der Waals surface area contributed by atoms with E-state index in [0.717, 1.165) is 16.9 Å². The molecule has 1 amide bonds. The summed E-state index contributed by atoms with van der Waals surface area (Å²) in [5, 5.41) is 2.85. The third-order valence-corrected chi connectivity index (χ3v) is 3.89. The summed E-state index contributed by atoms with van der Waals surface area (Å²) in [6.45, 7) is 0. The van der Waals surface area contributed by atoms with E-state index in [1.54, 1.807) is 30.6 Å². The Morgan fingerprint density at radius 3 is 2.68 bits per heavy atom. The van der Waals surface area contributed by atoms with E-state index >= 15 is 0 Å². The zero-order valence-electron chi connectivity index (χ0n) is 12.4. The molecule has 0 fully saturated rings. The summed E-state index contributed by atoms with van der Waals surface area (Å²) in [6, 6.07) is 7.27. The van der Waals surface area contributed by atoms with Gasteiger partial charge in [0.2, 0.25) is 5.91 Å². The van der Waals surface area contributed by atoms with Gasteiger partial charge >= 0.3 is 6.36 Å². The smallest absolute Gasteiger partial charge is 0.406 e. The maximum Gasteiger partial charge on any atom is 0.573 e. The van der Waals surface area contributed by atoms with Gasteiger partial charge in [-0.15, -0.1) is 13.2 Å². The van der Waals surface area contributed by atoms with E-state index in [1.807, 2.05) is 0 Å². The van der Waals surface area contributed by atoms with Crippen molar-refractivity contribution < 1.29 is 22.7 Å². The highest BCUT2D eigenvalue weighted by molar-refractivity contribution is 7.22. The van der Waals surface area contributed by atoms with Gasteiger partial charge in [0.05, 0.1) is 10.2 Å². The number of hydrogen-bond acceptors (Lipinski definition) is 5. The summed E-state index contributed by atoms with van der Waals surface area (Å²) in [5.41, 5.74) is 1.27. The Morgan fingerprint density at radius 2 is 1.96 bits per heavy atom. The van der Waals surface area contributed by atoms with Gasteiger partial charge in [-0.3, -0.25) is 15.1 Å². The number of alkyl halides is 3. The Hall–Kier alpha value is -2.94. The number of anilines is 1. The third kappa shape index (κ3) is 4.77. The van der Waals surface area contributed by atoms with Crippen molar-refractivity contribution in [2.24, 2.45) is 0 Å². The van der Waals surface area contributed by atoms with Crippen molar-refractivity contribution in [2.75, 3.05) is 5.32 Å². The molecule has 1 N–H and O–H groups in total. The number of nitrogens with one attached hydrogen (secondary N) is 1. The van der Waals surface area contributed by atoms with Crippen LogP contribution < -0.4 is 10.1 Å². The molecule has 0 saturated heterocycles.